The third kappa shape index (κ3) is 4.52. The molecule has 0 aliphatic carbocycles. The molecule has 10 heteroatoms. The van der Waals surface area contributed by atoms with Crippen molar-refractivity contribution in [1.29, 1.82) is 0 Å². The van der Waals surface area contributed by atoms with Crippen LogP contribution in [-0.2, 0) is 16.0 Å². The third-order valence-corrected chi connectivity index (χ3v) is 6.14. The molecular formula is C24H27N5O5. The number of carbonyl (C=O) groups is 3. The van der Waals surface area contributed by atoms with Crippen molar-refractivity contribution in [2.45, 2.75) is 31.8 Å². The van der Waals surface area contributed by atoms with Crippen molar-refractivity contribution in [3.8, 4) is 5.75 Å². The number of methoxy groups -OCH3 is 1. The highest BCUT2D eigenvalue weighted by molar-refractivity contribution is 6.02. The quantitative estimate of drug-likeness (QED) is 0.409. The van der Waals surface area contributed by atoms with Crippen LogP contribution in [-0.4, -0.2) is 58.3 Å². The summed E-state index contributed by atoms with van der Waals surface area (Å²) in [6.07, 6.45) is 1.90. The lowest BCUT2D eigenvalue weighted by atomic mass is 9.92. The van der Waals surface area contributed by atoms with Crippen molar-refractivity contribution in [2.24, 2.45) is 11.7 Å². The molecule has 4 rings (SSSR count). The maximum absolute atomic E-state index is 13.3. The van der Waals surface area contributed by atoms with Crippen molar-refractivity contribution in [3.63, 3.8) is 0 Å². The Morgan fingerprint density at radius 3 is 2.76 bits per heavy atom. The van der Waals surface area contributed by atoms with E-state index in [9.17, 15) is 19.2 Å². The SMILES string of the molecule is COc1cccc2[nH]c(C(=O)N[C@H]3CC(C)CN(C(Cc4ccc[nH]c4=O)C(N)=O)C3=O)cc12. The van der Waals surface area contributed by atoms with Gasteiger partial charge in [-0.1, -0.05) is 19.1 Å². The van der Waals surface area contributed by atoms with Gasteiger partial charge in [-0.15, -0.1) is 0 Å². The molecule has 1 aliphatic rings. The van der Waals surface area contributed by atoms with E-state index in [-0.39, 0.29) is 17.9 Å². The van der Waals surface area contributed by atoms with Crippen LogP contribution in [0.15, 0.2) is 47.4 Å². The summed E-state index contributed by atoms with van der Waals surface area (Å²) in [5.74, 6) is -0.932. The van der Waals surface area contributed by atoms with Crippen LogP contribution in [0.5, 0.6) is 5.75 Å². The van der Waals surface area contributed by atoms with Gasteiger partial charge in [0.25, 0.3) is 11.5 Å². The Balaban J connectivity index is 1.55. The summed E-state index contributed by atoms with van der Waals surface area (Å²) in [6, 6.07) is 8.51. The van der Waals surface area contributed by atoms with Gasteiger partial charge in [-0.25, -0.2) is 0 Å². The number of hydrogen-bond donors (Lipinski definition) is 4. The summed E-state index contributed by atoms with van der Waals surface area (Å²) in [5.41, 5.74) is 6.67. The van der Waals surface area contributed by atoms with Crippen LogP contribution in [0.3, 0.4) is 0 Å². The second-order valence-corrected chi connectivity index (χ2v) is 8.61. The fraction of sp³-hybridized carbons (Fsp3) is 0.333. The molecular weight excluding hydrogens is 438 g/mol. The molecule has 2 unspecified atom stereocenters. The van der Waals surface area contributed by atoms with Crippen molar-refractivity contribution in [2.75, 3.05) is 13.7 Å². The predicted octanol–water partition coefficient (Wildman–Crippen LogP) is 0.928. The van der Waals surface area contributed by atoms with Crippen LogP contribution in [0.2, 0.25) is 0 Å². The number of carbonyl (C=O) groups excluding carboxylic acids is 3. The predicted molar refractivity (Wildman–Crippen MR) is 125 cm³/mol. The van der Waals surface area contributed by atoms with E-state index in [0.717, 1.165) is 10.9 Å². The summed E-state index contributed by atoms with van der Waals surface area (Å²) < 4.78 is 5.34. The minimum Gasteiger partial charge on any atom is -0.496 e. The lowest BCUT2D eigenvalue weighted by molar-refractivity contribution is -0.144. The average molecular weight is 466 g/mol. The van der Waals surface area contributed by atoms with Gasteiger partial charge in [0.15, 0.2) is 0 Å². The molecule has 3 amide bonds. The fourth-order valence-electron chi connectivity index (χ4n) is 4.46. The zero-order valence-electron chi connectivity index (χ0n) is 19.0. The molecule has 1 aromatic carbocycles. The molecule has 1 aliphatic heterocycles. The number of aromatic nitrogens is 2. The standard InChI is InChI=1S/C24H27N5O5/c1-13-9-18(28-23(32)17-11-15-16(27-17)6-3-7-20(15)34-2)24(33)29(12-13)19(21(25)30)10-14-5-4-8-26-22(14)31/h3-8,11,13,18-19,27H,9-10,12H2,1-2H3,(H2,25,30)(H,26,31)(H,28,32)/t13?,18-,19?/m0/s1. The topological polar surface area (TPSA) is 150 Å². The maximum atomic E-state index is 13.3. The van der Waals surface area contributed by atoms with Crippen molar-refractivity contribution in [3.05, 3.63) is 64.2 Å². The van der Waals surface area contributed by atoms with Gasteiger partial charge in [0.05, 0.1) is 7.11 Å². The number of primary amides is 1. The van der Waals surface area contributed by atoms with E-state index in [2.05, 4.69) is 15.3 Å². The Labute approximate surface area is 195 Å². The maximum Gasteiger partial charge on any atom is 0.268 e. The summed E-state index contributed by atoms with van der Waals surface area (Å²) in [4.78, 5) is 57.7. The van der Waals surface area contributed by atoms with E-state index >= 15 is 0 Å². The number of piperidine rings is 1. The Bertz CT molecular complexity index is 1300. The average Bonchev–Trinajstić information content (AvgIpc) is 3.25. The molecule has 0 spiro atoms. The number of likely N-dealkylation sites (tertiary alicyclic amines) is 1. The first-order chi connectivity index (χ1) is 16.3. The number of nitrogens with one attached hydrogen (secondary N) is 3. The van der Waals surface area contributed by atoms with Crippen LogP contribution < -0.4 is 21.3 Å². The van der Waals surface area contributed by atoms with E-state index in [1.54, 1.807) is 31.4 Å². The van der Waals surface area contributed by atoms with E-state index in [0.29, 0.717) is 30.0 Å². The Morgan fingerprint density at radius 2 is 2.06 bits per heavy atom. The first-order valence-corrected chi connectivity index (χ1v) is 11.0. The molecule has 5 N–H and O–H groups in total. The zero-order chi connectivity index (χ0) is 24.4. The van der Waals surface area contributed by atoms with Crippen molar-refractivity contribution >= 4 is 28.6 Å². The number of ether oxygens (including phenoxy) is 1. The Morgan fingerprint density at radius 1 is 1.26 bits per heavy atom. The number of fused-ring (bicyclic) bond motifs is 1. The highest BCUT2D eigenvalue weighted by Gasteiger charge is 2.39. The number of aromatic amines is 2. The molecule has 1 saturated heterocycles. The van der Waals surface area contributed by atoms with Crippen molar-refractivity contribution < 1.29 is 19.1 Å². The smallest absolute Gasteiger partial charge is 0.268 e. The molecule has 1 fully saturated rings. The van der Waals surface area contributed by atoms with Crippen molar-refractivity contribution in [1.82, 2.24) is 20.2 Å². The second kappa shape index (κ2) is 9.42. The number of rotatable bonds is 7. The molecule has 3 heterocycles. The lowest BCUT2D eigenvalue weighted by Gasteiger charge is -2.39. The van der Waals surface area contributed by atoms with E-state index in [1.165, 1.54) is 11.1 Å². The van der Waals surface area contributed by atoms with Crippen LogP contribution in [0, 0.1) is 5.92 Å². The van der Waals surface area contributed by atoms with Gasteiger partial charge in [-0.05, 0) is 36.6 Å². The molecule has 0 saturated carbocycles. The van der Waals surface area contributed by atoms with E-state index < -0.39 is 29.8 Å². The van der Waals surface area contributed by atoms with Gasteiger partial charge in [0.1, 0.15) is 23.5 Å². The van der Waals surface area contributed by atoms with Gasteiger partial charge < -0.3 is 30.7 Å². The number of nitrogens with zero attached hydrogens (tertiary/aromatic N) is 1. The molecule has 3 aromatic rings. The van der Waals surface area contributed by atoms with Crippen LogP contribution in [0.25, 0.3) is 10.9 Å². The lowest BCUT2D eigenvalue weighted by Crippen LogP contribution is -2.60. The molecule has 3 atom stereocenters. The first-order valence-electron chi connectivity index (χ1n) is 11.0. The van der Waals surface area contributed by atoms with Crippen LogP contribution >= 0.6 is 0 Å². The molecule has 10 nitrogen and oxygen atoms in total. The van der Waals surface area contributed by atoms with Gasteiger partial charge in [0, 0.05) is 35.6 Å². The third-order valence-electron chi connectivity index (χ3n) is 6.14. The van der Waals surface area contributed by atoms with Gasteiger partial charge >= 0.3 is 0 Å². The molecule has 0 radical (unpaired) electrons. The summed E-state index contributed by atoms with van der Waals surface area (Å²) in [7, 11) is 1.55. The summed E-state index contributed by atoms with van der Waals surface area (Å²) in [6.45, 7) is 2.23. The molecule has 34 heavy (non-hydrogen) atoms. The normalized spacial score (nSPS) is 19.1. The number of pyridine rings is 1. The fourth-order valence-corrected chi connectivity index (χ4v) is 4.46. The second-order valence-electron chi connectivity index (χ2n) is 8.61. The minimum absolute atomic E-state index is 0.00159. The highest BCUT2D eigenvalue weighted by Crippen LogP contribution is 2.26. The van der Waals surface area contributed by atoms with E-state index in [1.807, 2.05) is 19.1 Å². The minimum atomic E-state index is -1.00. The monoisotopic (exact) mass is 465 g/mol. The molecule has 178 valence electrons. The summed E-state index contributed by atoms with van der Waals surface area (Å²) in [5, 5.41) is 3.54. The van der Waals surface area contributed by atoms with Crippen LogP contribution in [0.4, 0.5) is 0 Å². The molecule has 2 aromatic heterocycles. The number of hydrogen-bond acceptors (Lipinski definition) is 5. The number of nitrogens with two attached hydrogens (primary N) is 1. The zero-order valence-corrected chi connectivity index (χ0v) is 19.0. The van der Waals surface area contributed by atoms with Crippen LogP contribution in [0.1, 0.15) is 29.4 Å². The largest absolute Gasteiger partial charge is 0.496 e. The van der Waals surface area contributed by atoms with Gasteiger partial charge in [-0.3, -0.25) is 19.2 Å². The van der Waals surface area contributed by atoms with Gasteiger partial charge in [0.2, 0.25) is 11.8 Å². The van der Waals surface area contributed by atoms with E-state index in [4.69, 9.17) is 10.5 Å². The number of amides is 3. The highest BCUT2D eigenvalue weighted by atomic mass is 16.5. The number of benzene rings is 1. The first kappa shape index (κ1) is 23.1. The summed E-state index contributed by atoms with van der Waals surface area (Å²) >= 11 is 0. The Kier molecular flexibility index (Phi) is 6.40. The number of H-pyrrole nitrogens is 2. The Hall–Kier alpha value is -4.08. The molecule has 0 bridgehead atoms. The van der Waals surface area contributed by atoms with Gasteiger partial charge in [-0.2, -0.15) is 0 Å².